The van der Waals surface area contributed by atoms with E-state index in [0.29, 0.717) is 6.54 Å². The maximum absolute atomic E-state index is 10.3. The molecule has 1 amide bonds. The fraction of sp³-hybridized carbons (Fsp3) is 0.222. The first-order valence-corrected chi connectivity index (χ1v) is 3.72. The number of hydrogen-bond donors (Lipinski definition) is 1. The van der Waals surface area contributed by atoms with Crippen molar-refractivity contribution in [2.75, 3.05) is 12.8 Å². The SMILES string of the molecule is CN(C=O)Cc1ccc(N)cc1. The van der Waals surface area contributed by atoms with Crippen LogP contribution in [0.15, 0.2) is 24.3 Å². The van der Waals surface area contributed by atoms with Gasteiger partial charge in [0.1, 0.15) is 0 Å². The van der Waals surface area contributed by atoms with Crippen molar-refractivity contribution in [2.45, 2.75) is 6.54 Å². The van der Waals surface area contributed by atoms with Crippen molar-refractivity contribution < 1.29 is 4.79 Å². The molecule has 0 heterocycles. The summed E-state index contributed by atoms with van der Waals surface area (Å²) in [7, 11) is 1.74. The van der Waals surface area contributed by atoms with Crippen molar-refractivity contribution >= 4 is 12.1 Å². The Morgan fingerprint density at radius 3 is 2.50 bits per heavy atom. The fourth-order valence-electron chi connectivity index (χ4n) is 0.948. The van der Waals surface area contributed by atoms with Crippen LogP contribution in [0, 0.1) is 0 Å². The molecule has 0 aromatic heterocycles. The summed E-state index contributed by atoms with van der Waals surface area (Å²) >= 11 is 0. The van der Waals surface area contributed by atoms with Gasteiger partial charge in [-0.05, 0) is 17.7 Å². The maximum Gasteiger partial charge on any atom is 0.209 e. The fourth-order valence-corrected chi connectivity index (χ4v) is 0.948. The third kappa shape index (κ3) is 2.27. The summed E-state index contributed by atoms with van der Waals surface area (Å²) in [6, 6.07) is 7.48. The molecule has 3 nitrogen and oxygen atoms in total. The molecule has 1 rings (SSSR count). The molecular weight excluding hydrogens is 152 g/mol. The van der Waals surface area contributed by atoms with Gasteiger partial charge in [0.05, 0.1) is 0 Å². The van der Waals surface area contributed by atoms with Gasteiger partial charge in [-0.25, -0.2) is 0 Å². The quantitative estimate of drug-likeness (QED) is 0.532. The molecule has 1 aromatic carbocycles. The smallest absolute Gasteiger partial charge is 0.209 e. The van der Waals surface area contributed by atoms with Crippen LogP contribution in [0.1, 0.15) is 5.56 Å². The zero-order valence-electron chi connectivity index (χ0n) is 7.03. The van der Waals surface area contributed by atoms with Crippen LogP contribution in [0.2, 0.25) is 0 Å². The van der Waals surface area contributed by atoms with Crippen LogP contribution in [-0.4, -0.2) is 18.4 Å². The molecule has 0 spiro atoms. The minimum atomic E-state index is 0.629. The van der Waals surface area contributed by atoms with E-state index in [4.69, 9.17) is 5.73 Å². The molecule has 0 atom stereocenters. The number of benzene rings is 1. The van der Waals surface area contributed by atoms with Crippen molar-refractivity contribution in [3.63, 3.8) is 0 Å². The lowest BCUT2D eigenvalue weighted by Gasteiger charge is -2.09. The average molecular weight is 164 g/mol. The summed E-state index contributed by atoms with van der Waals surface area (Å²) in [5.74, 6) is 0. The second-order valence-electron chi connectivity index (χ2n) is 2.76. The number of amides is 1. The third-order valence-corrected chi connectivity index (χ3v) is 1.59. The van der Waals surface area contributed by atoms with E-state index in [0.717, 1.165) is 17.7 Å². The lowest BCUT2D eigenvalue weighted by molar-refractivity contribution is -0.117. The molecule has 2 N–H and O–H groups in total. The van der Waals surface area contributed by atoms with Crippen LogP contribution < -0.4 is 5.73 Å². The van der Waals surface area contributed by atoms with Gasteiger partial charge >= 0.3 is 0 Å². The van der Waals surface area contributed by atoms with E-state index in [2.05, 4.69) is 0 Å². The topological polar surface area (TPSA) is 46.3 Å². The van der Waals surface area contributed by atoms with E-state index < -0.39 is 0 Å². The monoisotopic (exact) mass is 164 g/mol. The van der Waals surface area contributed by atoms with Gasteiger partial charge in [-0.3, -0.25) is 4.79 Å². The Kier molecular flexibility index (Phi) is 2.69. The van der Waals surface area contributed by atoms with Gasteiger partial charge in [0.25, 0.3) is 0 Å². The number of carbonyl (C=O) groups excluding carboxylic acids is 1. The number of rotatable bonds is 3. The Balaban J connectivity index is 2.64. The first-order chi connectivity index (χ1) is 5.72. The summed E-state index contributed by atoms with van der Waals surface area (Å²) in [5.41, 5.74) is 7.33. The van der Waals surface area contributed by atoms with Gasteiger partial charge in [-0.15, -0.1) is 0 Å². The predicted octanol–water partition coefficient (Wildman–Crippen LogP) is 0.857. The molecule has 12 heavy (non-hydrogen) atoms. The summed E-state index contributed by atoms with van der Waals surface area (Å²) in [4.78, 5) is 11.9. The largest absolute Gasteiger partial charge is 0.399 e. The Labute approximate surface area is 71.8 Å². The van der Waals surface area contributed by atoms with Crippen LogP contribution >= 0.6 is 0 Å². The lowest BCUT2D eigenvalue weighted by atomic mass is 10.2. The predicted molar refractivity (Wildman–Crippen MR) is 48.4 cm³/mol. The van der Waals surface area contributed by atoms with Crippen molar-refractivity contribution in [2.24, 2.45) is 0 Å². The van der Waals surface area contributed by atoms with Crippen LogP contribution in [0.3, 0.4) is 0 Å². The molecule has 0 bridgehead atoms. The molecule has 1 aromatic rings. The van der Waals surface area contributed by atoms with Crippen LogP contribution in [0.5, 0.6) is 0 Å². The van der Waals surface area contributed by atoms with Crippen molar-refractivity contribution in [3.8, 4) is 0 Å². The first-order valence-electron chi connectivity index (χ1n) is 3.72. The Hall–Kier alpha value is -1.51. The van der Waals surface area contributed by atoms with Crippen molar-refractivity contribution in [1.29, 1.82) is 0 Å². The number of anilines is 1. The van der Waals surface area contributed by atoms with Gasteiger partial charge in [-0.1, -0.05) is 12.1 Å². The number of nitrogens with zero attached hydrogens (tertiary/aromatic N) is 1. The number of hydrogen-bond acceptors (Lipinski definition) is 2. The standard InChI is InChI=1S/C9H12N2O/c1-11(7-12)6-8-2-4-9(10)5-3-8/h2-5,7H,6,10H2,1H3. The molecule has 64 valence electrons. The van der Waals surface area contributed by atoms with Gasteiger partial charge in [0.2, 0.25) is 6.41 Å². The average Bonchev–Trinajstić information content (AvgIpc) is 2.09. The van der Waals surface area contributed by atoms with Crippen LogP contribution in [-0.2, 0) is 11.3 Å². The second kappa shape index (κ2) is 3.76. The summed E-state index contributed by atoms with van der Waals surface area (Å²) < 4.78 is 0. The van der Waals surface area contributed by atoms with Gasteiger partial charge in [0.15, 0.2) is 0 Å². The minimum Gasteiger partial charge on any atom is -0.399 e. The highest BCUT2D eigenvalue weighted by molar-refractivity contribution is 5.47. The lowest BCUT2D eigenvalue weighted by Crippen LogP contribution is -2.14. The molecule has 0 saturated carbocycles. The zero-order chi connectivity index (χ0) is 8.97. The molecule has 0 saturated heterocycles. The second-order valence-corrected chi connectivity index (χ2v) is 2.76. The molecule has 0 aliphatic rings. The van der Waals surface area contributed by atoms with Crippen molar-refractivity contribution in [1.82, 2.24) is 4.90 Å². The minimum absolute atomic E-state index is 0.629. The Bertz CT molecular complexity index is 256. The molecule has 0 fully saturated rings. The van der Waals surface area contributed by atoms with E-state index in [1.54, 1.807) is 11.9 Å². The van der Waals surface area contributed by atoms with Crippen LogP contribution in [0.4, 0.5) is 5.69 Å². The molecule has 3 heteroatoms. The van der Waals surface area contributed by atoms with E-state index in [1.165, 1.54) is 0 Å². The number of nitrogen functional groups attached to an aromatic ring is 1. The highest BCUT2D eigenvalue weighted by atomic mass is 16.1. The molecule has 0 aliphatic carbocycles. The van der Waals surface area contributed by atoms with Gasteiger partial charge in [-0.2, -0.15) is 0 Å². The summed E-state index contributed by atoms with van der Waals surface area (Å²) in [6.45, 7) is 0.629. The zero-order valence-corrected chi connectivity index (χ0v) is 7.03. The number of carbonyl (C=O) groups is 1. The maximum atomic E-state index is 10.3. The first kappa shape index (κ1) is 8.59. The van der Waals surface area contributed by atoms with E-state index >= 15 is 0 Å². The van der Waals surface area contributed by atoms with Gasteiger partial charge in [0, 0.05) is 19.3 Å². The van der Waals surface area contributed by atoms with E-state index in [9.17, 15) is 4.79 Å². The molecule has 0 aliphatic heterocycles. The molecular formula is C9H12N2O. The van der Waals surface area contributed by atoms with E-state index in [-0.39, 0.29) is 0 Å². The third-order valence-electron chi connectivity index (χ3n) is 1.59. The summed E-state index contributed by atoms with van der Waals surface area (Å²) in [6.07, 6.45) is 0.802. The Morgan fingerprint density at radius 2 is 2.00 bits per heavy atom. The normalized spacial score (nSPS) is 9.42. The highest BCUT2D eigenvalue weighted by Gasteiger charge is 1.95. The number of nitrogens with two attached hydrogens (primary N) is 1. The van der Waals surface area contributed by atoms with E-state index in [1.807, 2.05) is 24.3 Å². The highest BCUT2D eigenvalue weighted by Crippen LogP contribution is 2.06. The van der Waals surface area contributed by atoms with Crippen LogP contribution in [0.25, 0.3) is 0 Å². The molecule has 0 radical (unpaired) electrons. The Morgan fingerprint density at radius 1 is 1.42 bits per heavy atom. The van der Waals surface area contributed by atoms with Crippen molar-refractivity contribution in [3.05, 3.63) is 29.8 Å². The summed E-state index contributed by atoms with van der Waals surface area (Å²) in [5, 5.41) is 0. The van der Waals surface area contributed by atoms with Gasteiger partial charge < -0.3 is 10.6 Å². The molecule has 0 unspecified atom stereocenters.